The van der Waals surface area contributed by atoms with Gasteiger partial charge in [-0.2, -0.15) is 11.3 Å². The second-order valence-corrected chi connectivity index (χ2v) is 8.02. The fourth-order valence-corrected chi connectivity index (χ4v) is 4.14. The van der Waals surface area contributed by atoms with Gasteiger partial charge >= 0.3 is 0 Å². The number of fused-ring (bicyclic) bond motifs is 1. The van der Waals surface area contributed by atoms with Crippen molar-refractivity contribution in [3.63, 3.8) is 0 Å². The molecule has 2 aromatic heterocycles. The van der Waals surface area contributed by atoms with E-state index < -0.39 is 10.0 Å². The van der Waals surface area contributed by atoms with Crippen molar-refractivity contribution >= 4 is 32.1 Å². The van der Waals surface area contributed by atoms with Gasteiger partial charge in [0, 0.05) is 5.38 Å². The second kappa shape index (κ2) is 6.40. The summed E-state index contributed by atoms with van der Waals surface area (Å²) >= 11 is 1.56. The third-order valence-corrected chi connectivity index (χ3v) is 5.86. The lowest BCUT2D eigenvalue weighted by atomic mass is 10.1. The third kappa shape index (κ3) is 3.32. The molecule has 0 aliphatic rings. The van der Waals surface area contributed by atoms with Crippen LogP contribution in [0, 0.1) is 0 Å². The normalized spacial score (nSPS) is 11.8. The van der Waals surface area contributed by atoms with E-state index in [4.69, 9.17) is 0 Å². The van der Waals surface area contributed by atoms with Crippen molar-refractivity contribution in [2.24, 2.45) is 0 Å². The third-order valence-electron chi connectivity index (χ3n) is 3.79. The monoisotopic (exact) mass is 370 g/mol. The number of hydrogen-bond donors (Lipinski definition) is 1. The molecule has 2 aromatic carbocycles. The number of aromatic nitrogens is 3. The van der Waals surface area contributed by atoms with E-state index in [9.17, 15) is 8.42 Å². The molecular weight excluding hydrogens is 356 g/mol. The Hall–Kier alpha value is -2.55. The number of hydrogen-bond acceptors (Lipinski definition) is 5. The summed E-state index contributed by atoms with van der Waals surface area (Å²) in [7, 11) is -3.62. The molecule has 0 saturated heterocycles. The Morgan fingerprint density at radius 2 is 1.92 bits per heavy atom. The van der Waals surface area contributed by atoms with Gasteiger partial charge in [0.1, 0.15) is 0 Å². The SMILES string of the molecule is O=S(=O)(NCc1cn(-c2ccsc2)nn1)c1ccc2ccccc2c1. The minimum atomic E-state index is -3.62. The number of nitrogens with one attached hydrogen (secondary N) is 1. The molecule has 8 heteroatoms. The summed E-state index contributed by atoms with van der Waals surface area (Å²) in [6.07, 6.45) is 1.71. The van der Waals surface area contributed by atoms with Crippen molar-refractivity contribution in [2.45, 2.75) is 11.4 Å². The molecule has 0 spiro atoms. The summed E-state index contributed by atoms with van der Waals surface area (Å²) in [4.78, 5) is 0.233. The molecule has 126 valence electrons. The van der Waals surface area contributed by atoms with Gasteiger partial charge in [0.05, 0.1) is 29.0 Å². The minimum Gasteiger partial charge on any atom is -0.220 e. The van der Waals surface area contributed by atoms with Gasteiger partial charge in [-0.15, -0.1) is 5.10 Å². The first-order valence-electron chi connectivity index (χ1n) is 7.54. The van der Waals surface area contributed by atoms with Gasteiger partial charge in [-0.25, -0.2) is 17.8 Å². The molecule has 25 heavy (non-hydrogen) atoms. The Balaban J connectivity index is 1.53. The first kappa shape index (κ1) is 15.9. The first-order valence-corrected chi connectivity index (χ1v) is 9.97. The molecule has 6 nitrogen and oxygen atoms in total. The number of sulfonamides is 1. The van der Waals surface area contributed by atoms with Crippen molar-refractivity contribution in [3.05, 3.63) is 71.2 Å². The fraction of sp³-hybridized carbons (Fsp3) is 0.0588. The Bertz CT molecular complexity index is 1120. The molecular formula is C17H14N4O2S2. The quantitative estimate of drug-likeness (QED) is 0.586. The van der Waals surface area contributed by atoms with Crippen LogP contribution in [0.3, 0.4) is 0 Å². The van der Waals surface area contributed by atoms with Crippen LogP contribution < -0.4 is 4.72 Å². The smallest absolute Gasteiger partial charge is 0.220 e. The van der Waals surface area contributed by atoms with Crippen molar-refractivity contribution in [2.75, 3.05) is 0 Å². The van der Waals surface area contributed by atoms with Gasteiger partial charge in [0.15, 0.2) is 0 Å². The Morgan fingerprint density at radius 3 is 2.72 bits per heavy atom. The van der Waals surface area contributed by atoms with Crippen LogP contribution in [0.5, 0.6) is 0 Å². The highest BCUT2D eigenvalue weighted by molar-refractivity contribution is 7.89. The molecule has 0 fully saturated rings. The molecule has 0 saturated carbocycles. The van der Waals surface area contributed by atoms with Crippen LogP contribution >= 0.6 is 11.3 Å². The van der Waals surface area contributed by atoms with Crippen molar-refractivity contribution < 1.29 is 8.42 Å². The lowest BCUT2D eigenvalue weighted by molar-refractivity contribution is 0.580. The molecule has 4 aromatic rings. The lowest BCUT2D eigenvalue weighted by Gasteiger charge is -2.06. The largest absolute Gasteiger partial charge is 0.240 e. The van der Waals surface area contributed by atoms with Crippen LogP contribution in [0.25, 0.3) is 16.5 Å². The number of benzene rings is 2. The van der Waals surface area contributed by atoms with Gasteiger partial charge in [0.2, 0.25) is 10.0 Å². The molecule has 2 heterocycles. The van der Waals surface area contributed by atoms with E-state index in [-0.39, 0.29) is 11.4 Å². The van der Waals surface area contributed by atoms with Gasteiger partial charge in [0.25, 0.3) is 0 Å². The van der Waals surface area contributed by atoms with Gasteiger partial charge in [-0.05, 0) is 34.4 Å². The second-order valence-electron chi connectivity index (χ2n) is 5.47. The van der Waals surface area contributed by atoms with Gasteiger partial charge in [-0.3, -0.25) is 0 Å². The van der Waals surface area contributed by atoms with Crippen LogP contribution in [-0.4, -0.2) is 23.4 Å². The summed E-state index contributed by atoms with van der Waals surface area (Å²) in [5.41, 5.74) is 1.46. The van der Waals surface area contributed by atoms with Gasteiger partial charge < -0.3 is 0 Å². The van der Waals surface area contributed by atoms with Crippen molar-refractivity contribution in [1.29, 1.82) is 0 Å². The minimum absolute atomic E-state index is 0.0826. The summed E-state index contributed by atoms with van der Waals surface area (Å²) in [5, 5.41) is 13.8. The molecule has 0 atom stereocenters. The number of nitrogens with zero attached hydrogens (tertiary/aromatic N) is 3. The lowest BCUT2D eigenvalue weighted by Crippen LogP contribution is -2.23. The molecule has 0 aliphatic heterocycles. The highest BCUT2D eigenvalue weighted by Crippen LogP contribution is 2.19. The molecule has 0 radical (unpaired) electrons. The average Bonchev–Trinajstić information content (AvgIpc) is 3.31. The van der Waals surface area contributed by atoms with E-state index in [1.807, 2.05) is 41.1 Å². The molecule has 4 rings (SSSR count). The summed E-state index contributed by atoms with van der Waals surface area (Å²) in [6.45, 7) is 0.0826. The van der Waals surface area contributed by atoms with Crippen molar-refractivity contribution in [3.8, 4) is 5.69 Å². The predicted octanol–water partition coefficient (Wildman–Crippen LogP) is 2.96. The highest BCUT2D eigenvalue weighted by atomic mass is 32.2. The number of thiophene rings is 1. The molecule has 0 amide bonds. The van der Waals surface area contributed by atoms with Crippen LogP contribution in [0.1, 0.15) is 5.69 Å². The highest BCUT2D eigenvalue weighted by Gasteiger charge is 2.15. The summed E-state index contributed by atoms with van der Waals surface area (Å²) in [5.74, 6) is 0. The summed E-state index contributed by atoms with van der Waals surface area (Å²) < 4.78 is 29.2. The first-order chi connectivity index (χ1) is 12.1. The number of rotatable bonds is 5. The van der Waals surface area contributed by atoms with E-state index in [0.29, 0.717) is 5.69 Å². The molecule has 0 unspecified atom stereocenters. The van der Waals surface area contributed by atoms with E-state index in [0.717, 1.165) is 16.5 Å². The fourth-order valence-electron chi connectivity index (χ4n) is 2.48. The summed E-state index contributed by atoms with van der Waals surface area (Å²) in [6, 6.07) is 14.6. The Kier molecular flexibility index (Phi) is 4.08. The van der Waals surface area contributed by atoms with Crippen LogP contribution in [-0.2, 0) is 16.6 Å². The standard InChI is InChI=1S/C17H14N4O2S2/c22-25(23,17-6-5-13-3-1-2-4-14(13)9-17)18-10-15-11-21(20-19-15)16-7-8-24-12-16/h1-9,11-12,18H,10H2. The van der Waals surface area contributed by atoms with E-state index in [2.05, 4.69) is 15.0 Å². The van der Waals surface area contributed by atoms with E-state index in [1.165, 1.54) is 0 Å². The maximum atomic E-state index is 12.5. The molecule has 1 N–H and O–H groups in total. The zero-order valence-corrected chi connectivity index (χ0v) is 14.7. The van der Waals surface area contributed by atoms with Crippen LogP contribution in [0.2, 0.25) is 0 Å². The van der Waals surface area contributed by atoms with Crippen LogP contribution in [0.15, 0.2) is 70.4 Å². The van der Waals surface area contributed by atoms with Crippen LogP contribution in [0.4, 0.5) is 0 Å². The van der Waals surface area contributed by atoms with Crippen molar-refractivity contribution in [1.82, 2.24) is 19.7 Å². The molecule has 0 aliphatic carbocycles. The Morgan fingerprint density at radius 1 is 1.08 bits per heavy atom. The Labute approximate surface area is 148 Å². The maximum absolute atomic E-state index is 12.5. The van der Waals surface area contributed by atoms with E-state index >= 15 is 0 Å². The van der Waals surface area contributed by atoms with E-state index in [1.54, 1.807) is 40.4 Å². The average molecular weight is 370 g/mol. The zero-order chi connectivity index (χ0) is 17.3. The maximum Gasteiger partial charge on any atom is 0.240 e. The zero-order valence-electron chi connectivity index (χ0n) is 13.0. The molecule has 0 bridgehead atoms. The van der Waals surface area contributed by atoms with Gasteiger partial charge in [-0.1, -0.05) is 35.5 Å². The topological polar surface area (TPSA) is 76.9 Å². The predicted molar refractivity (Wildman–Crippen MR) is 97.2 cm³/mol.